The van der Waals surface area contributed by atoms with Crippen LogP contribution in [0, 0.1) is 0 Å². The van der Waals surface area contributed by atoms with Crippen molar-refractivity contribution in [1.29, 1.82) is 0 Å². The summed E-state index contributed by atoms with van der Waals surface area (Å²) in [6, 6.07) is 17.1. The van der Waals surface area contributed by atoms with E-state index in [4.69, 9.17) is 0 Å². The number of pyridine rings is 1. The van der Waals surface area contributed by atoms with Gasteiger partial charge in [-0.3, -0.25) is 0 Å². The summed E-state index contributed by atoms with van der Waals surface area (Å²) in [5.74, 6) is 0. The van der Waals surface area contributed by atoms with Crippen molar-refractivity contribution in [1.82, 2.24) is 0 Å². The second-order valence-electron chi connectivity index (χ2n) is 4.15. The van der Waals surface area contributed by atoms with Crippen LogP contribution >= 0.6 is 0 Å². The van der Waals surface area contributed by atoms with Gasteiger partial charge >= 0.3 is 0 Å². The van der Waals surface area contributed by atoms with Gasteiger partial charge in [-0.2, -0.15) is 0 Å². The molecule has 2 nitrogen and oxygen atoms in total. The molecular formula is C14H18Cl2N2. The molecule has 0 aliphatic carbocycles. The topological polar surface area (TPSA) is 41.8 Å². The zero-order valence-electron chi connectivity index (χ0n) is 10.2. The summed E-state index contributed by atoms with van der Waals surface area (Å²) in [4.78, 5) is 3.25. The molecule has 1 heterocycles. The standard InChI is InChI=1S/C14H16N2.2ClH/c15-13(10-12-6-2-1-3-7-12)11-14-8-4-5-9-16-14;;/h1-9,13H,10-11,15H2;2*1H. The van der Waals surface area contributed by atoms with Crippen molar-refractivity contribution in [3.63, 3.8) is 0 Å². The van der Waals surface area contributed by atoms with E-state index in [0.29, 0.717) is 6.04 Å². The molecule has 98 valence electrons. The lowest BCUT2D eigenvalue weighted by Gasteiger charge is -2.05. The molecule has 4 heteroatoms. The van der Waals surface area contributed by atoms with E-state index in [1.165, 1.54) is 11.3 Å². The van der Waals surface area contributed by atoms with Crippen molar-refractivity contribution < 1.29 is 35.5 Å². The molecule has 0 amide bonds. The first kappa shape index (κ1) is 16.9. The highest BCUT2D eigenvalue weighted by atomic mass is 35.5. The molecule has 0 aliphatic heterocycles. The van der Waals surface area contributed by atoms with Gasteiger partial charge in [-0.05, 0) is 5.56 Å². The predicted molar refractivity (Wildman–Crippen MR) is 63.5 cm³/mol. The van der Waals surface area contributed by atoms with Gasteiger partial charge in [0.15, 0.2) is 11.9 Å². The minimum atomic E-state index is 0. The number of quaternary nitrogens is 1. The first-order valence-corrected chi connectivity index (χ1v) is 5.67. The van der Waals surface area contributed by atoms with E-state index in [0.717, 1.165) is 12.8 Å². The van der Waals surface area contributed by atoms with Crippen LogP contribution in [0.25, 0.3) is 0 Å². The van der Waals surface area contributed by atoms with Crippen molar-refractivity contribution in [2.75, 3.05) is 0 Å². The first-order valence-electron chi connectivity index (χ1n) is 5.67. The van der Waals surface area contributed by atoms with Crippen molar-refractivity contribution in [2.45, 2.75) is 18.9 Å². The number of hydrogen-bond donors (Lipinski definition) is 1. The Morgan fingerprint density at radius 1 is 0.889 bits per heavy atom. The van der Waals surface area contributed by atoms with Gasteiger partial charge in [0.1, 0.15) is 0 Å². The second-order valence-corrected chi connectivity index (χ2v) is 4.15. The summed E-state index contributed by atoms with van der Waals surface area (Å²) in [5.41, 5.74) is 6.82. The van der Waals surface area contributed by atoms with E-state index in [9.17, 15) is 0 Å². The fourth-order valence-electron chi connectivity index (χ4n) is 1.89. The molecule has 0 saturated carbocycles. The third-order valence-corrected chi connectivity index (χ3v) is 2.65. The minimum absolute atomic E-state index is 0. The average molecular weight is 285 g/mol. The zero-order valence-corrected chi connectivity index (χ0v) is 11.7. The normalized spacial score (nSPS) is 10.9. The molecule has 1 aromatic heterocycles. The van der Waals surface area contributed by atoms with Crippen molar-refractivity contribution in [3.8, 4) is 0 Å². The number of aromatic amines is 1. The number of hydrogen-bond acceptors (Lipinski definition) is 0. The monoisotopic (exact) mass is 284 g/mol. The van der Waals surface area contributed by atoms with E-state index >= 15 is 0 Å². The number of halogens is 2. The lowest BCUT2D eigenvalue weighted by Crippen LogP contribution is -3.00. The molecule has 0 aliphatic rings. The van der Waals surface area contributed by atoms with Gasteiger partial charge in [0.25, 0.3) is 0 Å². The maximum Gasteiger partial charge on any atom is 0.185 e. The van der Waals surface area contributed by atoms with E-state index in [1.54, 1.807) is 0 Å². The molecule has 2 aromatic rings. The van der Waals surface area contributed by atoms with Crippen LogP contribution in [-0.4, -0.2) is 6.04 Å². The number of H-pyrrole nitrogens is 1. The second kappa shape index (κ2) is 8.92. The van der Waals surface area contributed by atoms with Crippen LogP contribution in [0.2, 0.25) is 0 Å². The molecular weight excluding hydrogens is 267 g/mol. The minimum Gasteiger partial charge on any atom is -1.00 e. The average Bonchev–Trinajstić information content (AvgIpc) is 2.31. The Hall–Kier alpha value is -1.09. The Morgan fingerprint density at radius 3 is 2.17 bits per heavy atom. The molecule has 18 heavy (non-hydrogen) atoms. The lowest BCUT2D eigenvalue weighted by atomic mass is 10.0. The Morgan fingerprint density at radius 2 is 1.56 bits per heavy atom. The molecule has 1 aromatic carbocycles. The summed E-state index contributed by atoms with van der Waals surface area (Å²) >= 11 is 0. The van der Waals surface area contributed by atoms with Gasteiger partial charge in [0, 0.05) is 18.6 Å². The first-order chi connectivity index (χ1) is 7.84. The van der Waals surface area contributed by atoms with Crippen molar-refractivity contribution in [3.05, 3.63) is 66.0 Å². The van der Waals surface area contributed by atoms with E-state index in [1.807, 2.05) is 18.3 Å². The van der Waals surface area contributed by atoms with Gasteiger partial charge in [-0.1, -0.05) is 36.4 Å². The summed E-state index contributed by atoms with van der Waals surface area (Å²) in [6.45, 7) is 0. The number of rotatable bonds is 4. The summed E-state index contributed by atoms with van der Waals surface area (Å²) in [6.07, 6.45) is 3.99. The number of nitrogens with one attached hydrogen (secondary N) is 1. The fraction of sp³-hybridized carbons (Fsp3) is 0.214. The van der Waals surface area contributed by atoms with E-state index < -0.39 is 0 Å². The lowest BCUT2D eigenvalue weighted by molar-refractivity contribution is -0.435. The SMILES string of the molecule is [Cl-].[Cl-].[NH3+]C(Cc1ccccc1)Cc1cccc[nH+]1. The molecule has 0 radical (unpaired) electrons. The number of benzene rings is 1. The molecule has 0 saturated heterocycles. The molecule has 4 N–H and O–H groups in total. The van der Waals surface area contributed by atoms with Crippen LogP contribution in [0.4, 0.5) is 0 Å². The third kappa shape index (κ3) is 5.50. The Labute approximate surface area is 120 Å². The molecule has 1 unspecified atom stereocenters. The maximum atomic E-state index is 4.21. The van der Waals surface area contributed by atoms with Gasteiger partial charge in [-0.15, -0.1) is 0 Å². The third-order valence-electron chi connectivity index (χ3n) is 2.65. The molecule has 0 spiro atoms. The van der Waals surface area contributed by atoms with Gasteiger partial charge in [0.05, 0.1) is 12.5 Å². The Balaban J connectivity index is 0.00000144. The van der Waals surface area contributed by atoms with Crippen LogP contribution in [0.15, 0.2) is 54.7 Å². The molecule has 2 rings (SSSR count). The highest BCUT2D eigenvalue weighted by molar-refractivity contribution is 5.15. The van der Waals surface area contributed by atoms with Crippen LogP contribution < -0.4 is 35.5 Å². The van der Waals surface area contributed by atoms with E-state index in [-0.39, 0.29) is 24.8 Å². The smallest absolute Gasteiger partial charge is 0.185 e. The van der Waals surface area contributed by atoms with Crippen LogP contribution in [0.3, 0.4) is 0 Å². The summed E-state index contributed by atoms with van der Waals surface area (Å²) in [5, 5.41) is 0. The van der Waals surface area contributed by atoms with Crippen LogP contribution in [0.1, 0.15) is 11.3 Å². The van der Waals surface area contributed by atoms with Gasteiger partial charge < -0.3 is 30.5 Å². The largest absolute Gasteiger partial charge is 1.00 e. The molecule has 0 bridgehead atoms. The summed E-state index contributed by atoms with van der Waals surface area (Å²) < 4.78 is 0. The maximum absolute atomic E-state index is 4.21. The van der Waals surface area contributed by atoms with E-state index in [2.05, 4.69) is 47.1 Å². The van der Waals surface area contributed by atoms with Gasteiger partial charge in [-0.25, -0.2) is 4.98 Å². The highest BCUT2D eigenvalue weighted by Gasteiger charge is 2.11. The van der Waals surface area contributed by atoms with Gasteiger partial charge in [0.2, 0.25) is 0 Å². The molecule has 0 fully saturated rings. The summed E-state index contributed by atoms with van der Waals surface area (Å²) in [7, 11) is 0. The molecule has 1 atom stereocenters. The predicted octanol–water partition coefficient (Wildman–Crippen LogP) is -5.10. The zero-order chi connectivity index (χ0) is 11.2. The van der Waals surface area contributed by atoms with Crippen molar-refractivity contribution in [2.24, 2.45) is 0 Å². The Kier molecular flexibility index (Phi) is 8.38. The highest BCUT2D eigenvalue weighted by Crippen LogP contribution is 2.03. The quantitative estimate of drug-likeness (QED) is 0.584. The number of aromatic nitrogens is 1. The van der Waals surface area contributed by atoms with Crippen LogP contribution in [0.5, 0.6) is 0 Å². The van der Waals surface area contributed by atoms with Crippen LogP contribution in [-0.2, 0) is 12.8 Å². The fourth-order valence-corrected chi connectivity index (χ4v) is 1.89. The Bertz CT molecular complexity index is 379. The van der Waals surface area contributed by atoms with Crippen molar-refractivity contribution >= 4 is 0 Å².